The van der Waals surface area contributed by atoms with E-state index in [2.05, 4.69) is 15.9 Å². The van der Waals surface area contributed by atoms with Crippen LogP contribution < -0.4 is 5.73 Å². The maximum absolute atomic E-state index is 6.28. The van der Waals surface area contributed by atoms with Gasteiger partial charge in [-0.2, -0.15) is 4.98 Å². The summed E-state index contributed by atoms with van der Waals surface area (Å²) in [6.07, 6.45) is 4.98. The molecule has 0 unspecified atom stereocenters. The topological polar surface area (TPSA) is 66.6 Å². The van der Waals surface area contributed by atoms with Gasteiger partial charge in [-0.1, -0.05) is 41.0 Å². The van der Waals surface area contributed by atoms with E-state index in [9.17, 15) is 0 Å². The van der Waals surface area contributed by atoms with Gasteiger partial charge in [0.1, 0.15) is 0 Å². The van der Waals surface area contributed by atoms with Crippen LogP contribution in [0.3, 0.4) is 0 Å². The number of halogens is 1. The fourth-order valence-corrected chi connectivity index (χ4v) is 3.21. The molecule has 0 amide bonds. The number of hydrogen-bond donors (Lipinski definition) is 1. The smallest absolute Gasteiger partial charge is 0.254 e. The standard InChI is InChI=1S/C18H18ClN3OS/c19-15-8-2-1-6-13(15)12-14(7-3-4-10-20)18-21-17(22-23-18)16-9-5-11-24-16/h1-2,5-6,8-9,11-12H,3-4,7,10,20H2/p+1/b14-12+. The molecular formula is C18H19ClN3OS+. The molecule has 1 aromatic carbocycles. The predicted molar refractivity (Wildman–Crippen MR) is 98.5 cm³/mol. The van der Waals surface area contributed by atoms with E-state index in [1.165, 1.54) is 0 Å². The van der Waals surface area contributed by atoms with Gasteiger partial charge in [-0.15, -0.1) is 11.3 Å². The van der Waals surface area contributed by atoms with Crippen molar-refractivity contribution >= 4 is 34.6 Å². The van der Waals surface area contributed by atoms with Crippen molar-refractivity contribution < 1.29 is 10.3 Å². The molecule has 0 bridgehead atoms. The van der Waals surface area contributed by atoms with Crippen LogP contribution in [0, 0.1) is 0 Å². The Morgan fingerprint density at radius 3 is 2.83 bits per heavy atom. The van der Waals surface area contributed by atoms with E-state index in [1.54, 1.807) is 11.3 Å². The summed E-state index contributed by atoms with van der Waals surface area (Å²) < 4.78 is 5.51. The summed E-state index contributed by atoms with van der Waals surface area (Å²) in [6.45, 7) is 0.920. The molecule has 0 aliphatic rings. The third kappa shape index (κ3) is 4.12. The Morgan fingerprint density at radius 2 is 2.08 bits per heavy atom. The van der Waals surface area contributed by atoms with Gasteiger partial charge in [0, 0.05) is 10.6 Å². The van der Waals surface area contributed by atoms with Crippen LogP contribution >= 0.6 is 22.9 Å². The van der Waals surface area contributed by atoms with E-state index in [4.69, 9.17) is 16.1 Å². The minimum atomic E-state index is 0.558. The first kappa shape index (κ1) is 16.9. The van der Waals surface area contributed by atoms with Gasteiger partial charge in [0.15, 0.2) is 0 Å². The van der Waals surface area contributed by atoms with E-state index >= 15 is 0 Å². The highest BCUT2D eigenvalue weighted by Gasteiger charge is 2.14. The van der Waals surface area contributed by atoms with Crippen molar-refractivity contribution in [2.24, 2.45) is 0 Å². The third-order valence-electron chi connectivity index (χ3n) is 3.62. The summed E-state index contributed by atoms with van der Waals surface area (Å²) in [5, 5.41) is 6.82. The molecule has 0 radical (unpaired) electrons. The van der Waals surface area contributed by atoms with Gasteiger partial charge in [0.25, 0.3) is 5.89 Å². The van der Waals surface area contributed by atoms with Crippen LogP contribution in [-0.2, 0) is 0 Å². The van der Waals surface area contributed by atoms with E-state index in [1.807, 2.05) is 47.9 Å². The number of quaternary nitrogens is 1. The van der Waals surface area contributed by atoms with Crippen LogP contribution in [-0.4, -0.2) is 16.7 Å². The highest BCUT2D eigenvalue weighted by molar-refractivity contribution is 7.13. The summed E-state index contributed by atoms with van der Waals surface area (Å²) in [5.74, 6) is 1.18. The van der Waals surface area contributed by atoms with Gasteiger partial charge >= 0.3 is 0 Å². The Balaban J connectivity index is 1.91. The molecule has 2 heterocycles. The summed E-state index contributed by atoms with van der Waals surface area (Å²) in [4.78, 5) is 5.56. The second-order valence-corrected chi connectivity index (χ2v) is 6.76. The fourth-order valence-electron chi connectivity index (χ4n) is 2.37. The Kier molecular flexibility index (Phi) is 5.80. The first-order chi connectivity index (χ1) is 11.8. The molecule has 3 aromatic rings. The summed E-state index contributed by atoms with van der Waals surface area (Å²) in [5.41, 5.74) is 5.87. The zero-order valence-corrected chi connectivity index (χ0v) is 14.8. The molecule has 0 atom stereocenters. The molecule has 0 aliphatic heterocycles. The number of allylic oxidation sites excluding steroid dienone is 1. The molecule has 6 heteroatoms. The zero-order valence-electron chi connectivity index (χ0n) is 13.2. The van der Waals surface area contributed by atoms with Crippen LogP contribution in [0.1, 0.15) is 30.7 Å². The molecule has 0 saturated heterocycles. The van der Waals surface area contributed by atoms with Crippen LogP contribution in [0.25, 0.3) is 22.4 Å². The second-order valence-electron chi connectivity index (χ2n) is 5.40. The fraction of sp³-hybridized carbons (Fsp3) is 0.222. The number of hydrogen-bond acceptors (Lipinski definition) is 4. The molecule has 0 aliphatic carbocycles. The molecule has 124 valence electrons. The van der Waals surface area contributed by atoms with Gasteiger partial charge in [0.05, 0.1) is 11.4 Å². The number of thiophene rings is 1. The molecule has 0 saturated carbocycles. The van der Waals surface area contributed by atoms with Crippen LogP contribution in [0.2, 0.25) is 5.02 Å². The normalized spacial score (nSPS) is 11.8. The molecule has 2 aromatic heterocycles. The quantitative estimate of drug-likeness (QED) is 0.635. The Morgan fingerprint density at radius 1 is 1.21 bits per heavy atom. The maximum Gasteiger partial charge on any atom is 0.254 e. The van der Waals surface area contributed by atoms with Crippen molar-refractivity contribution in [1.82, 2.24) is 10.1 Å². The molecule has 24 heavy (non-hydrogen) atoms. The highest BCUT2D eigenvalue weighted by atomic mass is 35.5. The van der Waals surface area contributed by atoms with Gasteiger partial charge < -0.3 is 10.3 Å². The largest absolute Gasteiger partial charge is 0.358 e. The lowest BCUT2D eigenvalue weighted by Gasteiger charge is -2.04. The zero-order chi connectivity index (χ0) is 16.8. The molecular weight excluding hydrogens is 342 g/mol. The maximum atomic E-state index is 6.28. The SMILES string of the molecule is [NH3+]CCCC/C(=C\c1ccccc1Cl)c1nc(-c2cccs2)no1. The Hall–Kier alpha value is -1.95. The number of nitrogens with zero attached hydrogens (tertiary/aromatic N) is 2. The predicted octanol–water partition coefficient (Wildman–Crippen LogP) is 4.40. The second kappa shape index (κ2) is 8.24. The number of aromatic nitrogens is 2. The van der Waals surface area contributed by atoms with Gasteiger partial charge in [-0.05, 0) is 48.4 Å². The van der Waals surface area contributed by atoms with Crippen molar-refractivity contribution in [1.29, 1.82) is 0 Å². The lowest BCUT2D eigenvalue weighted by Crippen LogP contribution is -2.50. The molecule has 4 nitrogen and oxygen atoms in total. The van der Waals surface area contributed by atoms with Gasteiger partial charge in [-0.25, -0.2) is 0 Å². The van der Waals surface area contributed by atoms with Crippen LogP contribution in [0.4, 0.5) is 0 Å². The Labute approximate surface area is 150 Å². The molecule has 0 fully saturated rings. The summed E-state index contributed by atoms with van der Waals surface area (Å²) >= 11 is 7.88. The lowest BCUT2D eigenvalue weighted by atomic mass is 10.0. The number of benzene rings is 1. The lowest BCUT2D eigenvalue weighted by molar-refractivity contribution is -0.368. The van der Waals surface area contributed by atoms with E-state index in [-0.39, 0.29) is 0 Å². The first-order valence-corrected chi connectivity index (χ1v) is 9.16. The number of rotatable bonds is 7. The average molecular weight is 361 g/mol. The van der Waals surface area contributed by atoms with E-state index < -0.39 is 0 Å². The summed E-state index contributed by atoms with van der Waals surface area (Å²) in [6, 6.07) is 11.7. The van der Waals surface area contributed by atoms with Crippen molar-refractivity contribution in [3.63, 3.8) is 0 Å². The minimum Gasteiger partial charge on any atom is -0.358 e. The van der Waals surface area contributed by atoms with Crippen molar-refractivity contribution in [3.8, 4) is 10.7 Å². The van der Waals surface area contributed by atoms with Gasteiger partial charge in [0.2, 0.25) is 5.82 Å². The van der Waals surface area contributed by atoms with Crippen molar-refractivity contribution in [3.05, 3.63) is 58.3 Å². The van der Waals surface area contributed by atoms with Crippen molar-refractivity contribution in [2.75, 3.05) is 6.54 Å². The molecule has 3 N–H and O–H groups in total. The minimum absolute atomic E-state index is 0.558. The van der Waals surface area contributed by atoms with Crippen molar-refractivity contribution in [2.45, 2.75) is 19.3 Å². The summed E-state index contributed by atoms with van der Waals surface area (Å²) in [7, 11) is 0. The molecule has 3 rings (SSSR count). The number of unbranched alkanes of at least 4 members (excludes halogenated alkanes) is 1. The van der Waals surface area contributed by atoms with Crippen LogP contribution in [0.5, 0.6) is 0 Å². The van der Waals surface area contributed by atoms with E-state index in [0.717, 1.165) is 41.8 Å². The van der Waals surface area contributed by atoms with Gasteiger partial charge in [-0.3, -0.25) is 0 Å². The first-order valence-electron chi connectivity index (χ1n) is 7.90. The Bertz CT molecular complexity index is 811. The average Bonchev–Trinajstić information content (AvgIpc) is 3.27. The highest BCUT2D eigenvalue weighted by Crippen LogP contribution is 2.28. The van der Waals surface area contributed by atoms with E-state index in [0.29, 0.717) is 16.7 Å². The molecule has 0 spiro atoms. The monoisotopic (exact) mass is 360 g/mol. The third-order valence-corrected chi connectivity index (χ3v) is 4.83. The van der Waals surface area contributed by atoms with Crippen LogP contribution in [0.15, 0.2) is 46.3 Å².